The fourth-order valence-corrected chi connectivity index (χ4v) is 3.93. The lowest BCUT2D eigenvalue weighted by atomic mass is 10.2. The van der Waals surface area contributed by atoms with Crippen LogP contribution in [-0.4, -0.2) is 44.8 Å². The van der Waals surface area contributed by atoms with Crippen molar-refractivity contribution in [2.45, 2.75) is 20.0 Å². The van der Waals surface area contributed by atoms with Crippen LogP contribution in [0, 0.1) is 6.92 Å². The molecule has 0 saturated heterocycles. The summed E-state index contributed by atoms with van der Waals surface area (Å²) in [5.74, 6) is 0.213. The Labute approximate surface area is 217 Å². The monoisotopic (exact) mass is 521 g/mol. The number of hydrogen-bond acceptors (Lipinski definition) is 6. The molecule has 9 nitrogen and oxygen atoms in total. The minimum Gasteiger partial charge on any atom is -0.492 e. The number of aliphatic carboxylic acids is 1. The van der Waals surface area contributed by atoms with Gasteiger partial charge in [-0.3, -0.25) is 19.1 Å². The number of carboxylic acid groups (broad SMARTS) is 1. The molecule has 3 aromatic carbocycles. The maximum atomic E-state index is 12.8. The van der Waals surface area contributed by atoms with Crippen LogP contribution in [0.3, 0.4) is 0 Å². The number of halogens is 1. The van der Waals surface area contributed by atoms with Crippen molar-refractivity contribution in [3.8, 4) is 11.5 Å². The molecule has 0 aliphatic carbocycles. The SMILES string of the molecule is Cc1nc2ccccc2c(=O)n1CCOc1ccc(CN(CC(=O)O)C(=O)Oc2cccc(Cl)c2)cc1. The Morgan fingerprint density at radius 2 is 1.78 bits per heavy atom. The average Bonchev–Trinajstić information content (AvgIpc) is 2.86. The number of rotatable bonds is 9. The zero-order valence-electron chi connectivity index (χ0n) is 20.0. The summed E-state index contributed by atoms with van der Waals surface area (Å²) in [5, 5.41) is 10.2. The topological polar surface area (TPSA) is 111 Å². The van der Waals surface area contributed by atoms with Crippen LogP contribution in [0.1, 0.15) is 11.4 Å². The minimum absolute atomic E-state index is 0.0172. The molecule has 0 unspecified atom stereocenters. The number of carboxylic acids is 1. The van der Waals surface area contributed by atoms with Crippen LogP contribution in [0.2, 0.25) is 5.02 Å². The Morgan fingerprint density at radius 3 is 2.51 bits per heavy atom. The lowest BCUT2D eigenvalue weighted by molar-refractivity contribution is -0.138. The molecular weight excluding hydrogens is 498 g/mol. The number of fused-ring (bicyclic) bond motifs is 1. The van der Waals surface area contributed by atoms with Gasteiger partial charge in [0, 0.05) is 11.6 Å². The van der Waals surface area contributed by atoms with Crippen molar-refractivity contribution >= 4 is 34.6 Å². The highest BCUT2D eigenvalue weighted by Crippen LogP contribution is 2.19. The number of aryl methyl sites for hydroxylation is 1. The van der Waals surface area contributed by atoms with Gasteiger partial charge in [-0.2, -0.15) is 0 Å². The van der Waals surface area contributed by atoms with E-state index in [1.165, 1.54) is 6.07 Å². The van der Waals surface area contributed by atoms with Gasteiger partial charge in [0.25, 0.3) is 5.56 Å². The Balaban J connectivity index is 1.37. The molecule has 0 aliphatic heterocycles. The molecular formula is C27H24ClN3O6. The van der Waals surface area contributed by atoms with Gasteiger partial charge in [0.1, 0.15) is 30.5 Å². The zero-order chi connectivity index (χ0) is 26.4. The first-order valence-electron chi connectivity index (χ1n) is 11.4. The van der Waals surface area contributed by atoms with E-state index in [4.69, 9.17) is 21.1 Å². The first-order valence-corrected chi connectivity index (χ1v) is 11.8. The highest BCUT2D eigenvalue weighted by atomic mass is 35.5. The fraction of sp³-hybridized carbons (Fsp3) is 0.185. The predicted molar refractivity (Wildman–Crippen MR) is 138 cm³/mol. The van der Waals surface area contributed by atoms with Crippen LogP contribution in [0.25, 0.3) is 10.9 Å². The summed E-state index contributed by atoms with van der Waals surface area (Å²) >= 11 is 5.92. The number of amides is 1. The normalized spacial score (nSPS) is 10.8. The predicted octanol–water partition coefficient (Wildman–Crippen LogP) is 4.52. The second-order valence-electron chi connectivity index (χ2n) is 8.20. The fourth-order valence-electron chi connectivity index (χ4n) is 3.75. The third-order valence-corrected chi connectivity index (χ3v) is 5.75. The van der Waals surface area contributed by atoms with Gasteiger partial charge in [0.05, 0.1) is 17.4 Å². The molecule has 37 heavy (non-hydrogen) atoms. The van der Waals surface area contributed by atoms with E-state index in [1.807, 2.05) is 6.07 Å². The number of carbonyl (C=O) groups is 2. The first kappa shape index (κ1) is 25.7. The number of ether oxygens (including phenoxy) is 2. The highest BCUT2D eigenvalue weighted by Gasteiger charge is 2.20. The molecule has 0 aliphatic rings. The van der Waals surface area contributed by atoms with Crippen molar-refractivity contribution in [3.05, 3.63) is 99.6 Å². The molecule has 1 amide bonds. The Morgan fingerprint density at radius 1 is 1.03 bits per heavy atom. The number of para-hydroxylation sites is 1. The van der Waals surface area contributed by atoms with E-state index in [9.17, 15) is 19.5 Å². The first-order chi connectivity index (χ1) is 17.8. The summed E-state index contributed by atoms with van der Waals surface area (Å²) in [4.78, 5) is 42.2. The molecule has 0 atom stereocenters. The molecule has 0 bridgehead atoms. The second kappa shape index (κ2) is 11.6. The Hall–Kier alpha value is -4.37. The number of hydrogen-bond donors (Lipinski definition) is 1. The van der Waals surface area contributed by atoms with Crippen molar-refractivity contribution in [1.29, 1.82) is 0 Å². The van der Waals surface area contributed by atoms with Crippen LogP contribution in [0.5, 0.6) is 11.5 Å². The molecule has 1 aromatic heterocycles. The largest absolute Gasteiger partial charge is 0.492 e. The molecule has 0 radical (unpaired) electrons. The smallest absolute Gasteiger partial charge is 0.416 e. The molecule has 190 valence electrons. The highest BCUT2D eigenvalue weighted by molar-refractivity contribution is 6.30. The standard InChI is InChI=1S/C27H24ClN3O6/c1-18-29-24-8-3-2-7-23(24)26(34)31(18)13-14-36-21-11-9-19(10-12-21)16-30(17-25(32)33)27(35)37-22-6-4-5-20(28)15-22/h2-12,15H,13-14,16-17H2,1H3,(H,32,33). The lowest BCUT2D eigenvalue weighted by Crippen LogP contribution is -2.37. The van der Waals surface area contributed by atoms with Gasteiger partial charge in [-0.1, -0.05) is 41.9 Å². The second-order valence-corrected chi connectivity index (χ2v) is 8.64. The van der Waals surface area contributed by atoms with Crippen molar-refractivity contribution in [2.24, 2.45) is 0 Å². The van der Waals surface area contributed by atoms with E-state index < -0.39 is 18.6 Å². The summed E-state index contributed by atoms with van der Waals surface area (Å²) in [6.45, 7) is 1.83. The van der Waals surface area contributed by atoms with Crippen molar-refractivity contribution in [3.63, 3.8) is 0 Å². The summed E-state index contributed by atoms with van der Waals surface area (Å²) in [7, 11) is 0. The van der Waals surface area contributed by atoms with Gasteiger partial charge in [0.15, 0.2) is 0 Å². The van der Waals surface area contributed by atoms with E-state index in [2.05, 4.69) is 4.98 Å². The molecule has 4 aromatic rings. The van der Waals surface area contributed by atoms with E-state index in [1.54, 1.807) is 72.2 Å². The maximum Gasteiger partial charge on any atom is 0.416 e. The summed E-state index contributed by atoms with van der Waals surface area (Å²) in [6, 6.07) is 20.4. The minimum atomic E-state index is -1.17. The van der Waals surface area contributed by atoms with Gasteiger partial charge in [-0.15, -0.1) is 0 Å². The number of carbonyl (C=O) groups excluding carboxylic acids is 1. The molecule has 10 heteroatoms. The quantitative estimate of drug-likeness (QED) is 0.344. The van der Waals surface area contributed by atoms with E-state index in [0.29, 0.717) is 39.6 Å². The Kier molecular flexibility index (Phi) is 8.05. The molecule has 0 spiro atoms. The zero-order valence-corrected chi connectivity index (χ0v) is 20.7. The van der Waals surface area contributed by atoms with E-state index in [0.717, 1.165) is 4.90 Å². The summed E-state index contributed by atoms with van der Waals surface area (Å²) < 4.78 is 12.6. The van der Waals surface area contributed by atoms with Gasteiger partial charge in [-0.05, 0) is 55.0 Å². The number of nitrogens with zero attached hydrogens (tertiary/aromatic N) is 3. The van der Waals surface area contributed by atoms with Crippen LogP contribution in [0.15, 0.2) is 77.6 Å². The van der Waals surface area contributed by atoms with Crippen molar-refractivity contribution in [2.75, 3.05) is 13.2 Å². The molecule has 1 N–H and O–H groups in total. The van der Waals surface area contributed by atoms with Gasteiger partial charge in [0.2, 0.25) is 0 Å². The van der Waals surface area contributed by atoms with E-state index >= 15 is 0 Å². The van der Waals surface area contributed by atoms with Crippen LogP contribution < -0.4 is 15.0 Å². The van der Waals surface area contributed by atoms with Crippen molar-refractivity contribution in [1.82, 2.24) is 14.5 Å². The maximum absolute atomic E-state index is 12.8. The summed E-state index contributed by atoms with van der Waals surface area (Å²) in [5.41, 5.74) is 1.22. The van der Waals surface area contributed by atoms with Gasteiger partial charge >= 0.3 is 12.1 Å². The van der Waals surface area contributed by atoms with Crippen LogP contribution >= 0.6 is 11.6 Å². The lowest BCUT2D eigenvalue weighted by Gasteiger charge is -2.20. The van der Waals surface area contributed by atoms with Gasteiger partial charge < -0.3 is 14.6 Å². The summed E-state index contributed by atoms with van der Waals surface area (Å²) in [6.07, 6.45) is -0.810. The van der Waals surface area contributed by atoms with E-state index in [-0.39, 0.29) is 24.5 Å². The Bertz CT molecular complexity index is 1490. The van der Waals surface area contributed by atoms with Gasteiger partial charge in [-0.25, -0.2) is 9.78 Å². The third-order valence-electron chi connectivity index (χ3n) is 5.52. The number of aromatic nitrogens is 2. The van der Waals surface area contributed by atoms with Crippen LogP contribution in [0.4, 0.5) is 4.79 Å². The molecule has 0 fully saturated rings. The van der Waals surface area contributed by atoms with Crippen LogP contribution in [-0.2, 0) is 17.9 Å². The molecule has 4 rings (SSSR count). The average molecular weight is 522 g/mol. The molecule has 1 heterocycles. The van der Waals surface area contributed by atoms with Crippen molar-refractivity contribution < 1.29 is 24.2 Å². The number of benzene rings is 3. The third kappa shape index (κ3) is 6.65. The molecule has 0 saturated carbocycles.